The first kappa shape index (κ1) is 26.8. The number of rotatable bonds is 5. The number of alkyl halides is 3. The number of carbonyl (C=O) groups excluding carboxylic acids is 1. The van der Waals surface area contributed by atoms with E-state index in [4.69, 9.17) is 9.90 Å². The minimum absolute atomic E-state index is 0.144. The van der Waals surface area contributed by atoms with E-state index >= 15 is 0 Å². The van der Waals surface area contributed by atoms with Crippen molar-refractivity contribution in [1.82, 2.24) is 0 Å². The van der Waals surface area contributed by atoms with Gasteiger partial charge in [-0.2, -0.15) is 13.2 Å². The summed E-state index contributed by atoms with van der Waals surface area (Å²) in [5.41, 5.74) is 5.00. The third-order valence-corrected chi connectivity index (χ3v) is 7.84. The maximum absolute atomic E-state index is 10.5. The molecule has 0 unspecified atom stereocenters. The highest BCUT2D eigenvalue weighted by Crippen LogP contribution is 2.33. The summed E-state index contributed by atoms with van der Waals surface area (Å²) in [6.07, 6.45) is -5.19. The Labute approximate surface area is 222 Å². The number of carboxylic acids is 1. The predicted molar refractivity (Wildman–Crippen MR) is 143 cm³/mol. The maximum atomic E-state index is 10.5. The highest BCUT2D eigenvalue weighted by atomic mass is 32.2. The number of hydrogen-bond acceptors (Lipinski definition) is 2. The second-order valence-electron chi connectivity index (χ2n) is 8.19. The zero-order valence-corrected chi connectivity index (χ0v) is 21.0. The lowest BCUT2D eigenvalue weighted by atomic mass is 10.1. The lowest BCUT2D eigenvalue weighted by molar-refractivity contribution is -0.344. The molecule has 5 aromatic rings. The van der Waals surface area contributed by atoms with Crippen molar-refractivity contribution in [3.63, 3.8) is 0 Å². The third kappa shape index (κ3) is 6.93. The Hall–Kier alpha value is -4.29. The van der Waals surface area contributed by atoms with Crippen molar-refractivity contribution in [1.29, 1.82) is 0 Å². The van der Waals surface area contributed by atoms with E-state index in [1.807, 2.05) is 0 Å². The van der Waals surface area contributed by atoms with Crippen molar-refractivity contribution < 1.29 is 23.1 Å². The maximum Gasteiger partial charge on any atom is 0.430 e. The van der Waals surface area contributed by atoms with E-state index < -0.39 is 12.1 Å². The van der Waals surface area contributed by atoms with Crippen LogP contribution in [0, 0.1) is 0 Å². The summed E-state index contributed by atoms with van der Waals surface area (Å²) in [4.78, 5) is 12.8. The zero-order valence-electron chi connectivity index (χ0n) is 20.1. The molecule has 0 radical (unpaired) electrons. The van der Waals surface area contributed by atoms with E-state index in [9.17, 15) is 13.2 Å². The molecule has 5 rings (SSSR count). The molecule has 0 fully saturated rings. The van der Waals surface area contributed by atoms with Crippen molar-refractivity contribution in [3.8, 4) is 22.3 Å². The summed E-state index contributed by atoms with van der Waals surface area (Å²) >= 11 is 0. The third-order valence-electron chi connectivity index (χ3n) is 5.60. The molecule has 0 aromatic heterocycles. The van der Waals surface area contributed by atoms with Crippen LogP contribution in [0.3, 0.4) is 0 Å². The molecule has 0 saturated heterocycles. The first-order valence-corrected chi connectivity index (χ1v) is 12.9. The average Bonchev–Trinajstić information content (AvgIpc) is 2.95. The summed E-state index contributed by atoms with van der Waals surface area (Å²) in [6.45, 7) is 0. The molecular weight excluding hydrogens is 505 g/mol. The van der Waals surface area contributed by atoms with E-state index in [2.05, 4.69) is 140 Å². The summed E-state index contributed by atoms with van der Waals surface area (Å²) < 4.78 is 31.5. The zero-order chi connectivity index (χ0) is 27.0. The minimum Gasteiger partial charge on any atom is -0.542 e. The van der Waals surface area contributed by atoms with Gasteiger partial charge in [-0.1, -0.05) is 78.9 Å². The van der Waals surface area contributed by atoms with Gasteiger partial charge in [0, 0.05) is 0 Å². The lowest BCUT2D eigenvalue weighted by Gasteiger charge is -2.10. The number of carboxylic acid groups (broad SMARTS) is 1. The second-order valence-corrected chi connectivity index (χ2v) is 10.2. The van der Waals surface area contributed by atoms with Gasteiger partial charge in [0.25, 0.3) is 0 Å². The SMILES string of the molecule is O=C([O-])C(F)(F)F.c1ccc(-c2ccc([S+](c3ccccc3)c3ccc(-c4ccccc4)cc3)cc2)cc1. The molecule has 0 amide bonds. The lowest BCUT2D eigenvalue weighted by Crippen LogP contribution is -2.37. The highest BCUT2D eigenvalue weighted by molar-refractivity contribution is 7.97. The van der Waals surface area contributed by atoms with Gasteiger partial charge in [0.2, 0.25) is 0 Å². The van der Waals surface area contributed by atoms with Crippen LogP contribution in [0.5, 0.6) is 0 Å². The molecule has 0 aliphatic heterocycles. The molecule has 190 valence electrons. The summed E-state index contributed by atoms with van der Waals surface area (Å²) in [5.74, 6) is -3.01. The molecule has 6 heteroatoms. The quantitative estimate of drug-likeness (QED) is 0.223. The van der Waals surface area contributed by atoms with Crippen LogP contribution in [0.15, 0.2) is 154 Å². The topological polar surface area (TPSA) is 40.1 Å². The summed E-state index contributed by atoms with van der Waals surface area (Å²) in [7, 11) is -0.144. The van der Waals surface area contributed by atoms with Crippen LogP contribution in [0.1, 0.15) is 0 Å². The van der Waals surface area contributed by atoms with Crippen LogP contribution in [-0.2, 0) is 15.7 Å². The van der Waals surface area contributed by atoms with Gasteiger partial charge in [-0.3, -0.25) is 0 Å². The molecule has 0 atom stereocenters. The van der Waals surface area contributed by atoms with Gasteiger partial charge in [-0.25, -0.2) is 0 Å². The minimum atomic E-state index is -5.19. The number of aliphatic carboxylic acids is 1. The Morgan fingerprint density at radius 1 is 0.474 bits per heavy atom. The molecule has 0 spiro atoms. The van der Waals surface area contributed by atoms with Crippen molar-refractivity contribution in [2.75, 3.05) is 0 Å². The Kier molecular flexibility index (Phi) is 8.66. The largest absolute Gasteiger partial charge is 0.542 e. The Balaban J connectivity index is 0.000000426. The number of hydrogen-bond donors (Lipinski definition) is 0. The van der Waals surface area contributed by atoms with Gasteiger partial charge >= 0.3 is 6.18 Å². The first-order chi connectivity index (χ1) is 18.3. The molecule has 0 bridgehead atoms. The van der Waals surface area contributed by atoms with Crippen LogP contribution in [0.4, 0.5) is 13.2 Å². The molecule has 0 aliphatic carbocycles. The Morgan fingerprint density at radius 2 is 0.737 bits per heavy atom. The monoisotopic (exact) mass is 528 g/mol. The van der Waals surface area contributed by atoms with Gasteiger partial charge in [-0.15, -0.1) is 0 Å². The second kappa shape index (κ2) is 12.3. The molecule has 5 aromatic carbocycles. The number of halogens is 3. The average molecular weight is 529 g/mol. The highest BCUT2D eigenvalue weighted by Gasteiger charge is 2.29. The van der Waals surface area contributed by atoms with Crippen LogP contribution >= 0.6 is 0 Å². The van der Waals surface area contributed by atoms with Crippen LogP contribution in [0.2, 0.25) is 0 Å². The first-order valence-electron chi connectivity index (χ1n) is 11.7. The molecule has 0 N–H and O–H groups in total. The summed E-state index contributed by atoms with van der Waals surface area (Å²) in [5, 5.41) is 8.78. The fourth-order valence-corrected chi connectivity index (χ4v) is 5.86. The van der Waals surface area contributed by atoms with Gasteiger partial charge < -0.3 is 9.90 Å². The van der Waals surface area contributed by atoms with Crippen LogP contribution in [0.25, 0.3) is 22.3 Å². The number of carbonyl (C=O) groups is 1. The van der Waals surface area contributed by atoms with Crippen molar-refractivity contribution in [2.24, 2.45) is 0 Å². The van der Waals surface area contributed by atoms with Gasteiger partial charge in [0.15, 0.2) is 14.7 Å². The molecule has 0 saturated carbocycles. The van der Waals surface area contributed by atoms with Crippen molar-refractivity contribution in [2.45, 2.75) is 20.9 Å². The van der Waals surface area contributed by atoms with Crippen LogP contribution in [-0.4, -0.2) is 12.1 Å². The molecule has 0 aliphatic rings. The standard InChI is InChI=1S/C30H23S.C2HF3O2/c1-4-10-24(11-5-1)26-16-20-29(21-17-26)31(28-14-8-3-9-15-28)30-22-18-27(19-23-30)25-12-6-2-7-13-25;3-2(4,5)1(6)7/h1-23H;(H,6,7)/q+1;/p-1. The smallest absolute Gasteiger partial charge is 0.430 e. The van der Waals surface area contributed by atoms with E-state index in [1.54, 1.807) is 0 Å². The van der Waals surface area contributed by atoms with E-state index in [-0.39, 0.29) is 10.9 Å². The molecule has 0 heterocycles. The normalized spacial score (nSPS) is 10.9. The van der Waals surface area contributed by atoms with Crippen LogP contribution < -0.4 is 5.11 Å². The van der Waals surface area contributed by atoms with E-state index in [1.165, 1.54) is 36.9 Å². The summed E-state index contributed by atoms with van der Waals surface area (Å²) in [6, 6.07) is 50.0. The molecule has 2 nitrogen and oxygen atoms in total. The molecular formula is C32H23F3O2S. The van der Waals surface area contributed by atoms with E-state index in [0.29, 0.717) is 0 Å². The van der Waals surface area contributed by atoms with Gasteiger partial charge in [0.05, 0.1) is 10.9 Å². The molecule has 38 heavy (non-hydrogen) atoms. The van der Waals surface area contributed by atoms with Gasteiger partial charge in [0.1, 0.15) is 5.97 Å². The predicted octanol–water partition coefficient (Wildman–Crippen LogP) is 7.41. The Morgan fingerprint density at radius 3 is 1.05 bits per heavy atom. The van der Waals surface area contributed by atoms with Crippen molar-refractivity contribution in [3.05, 3.63) is 140 Å². The van der Waals surface area contributed by atoms with Crippen molar-refractivity contribution >= 4 is 16.9 Å². The fraction of sp³-hybridized carbons (Fsp3) is 0.0312. The van der Waals surface area contributed by atoms with Gasteiger partial charge in [-0.05, 0) is 82.9 Å². The van der Waals surface area contributed by atoms with E-state index in [0.717, 1.165) is 0 Å². The Bertz CT molecular complexity index is 1350. The number of benzene rings is 5. The fourth-order valence-electron chi connectivity index (χ4n) is 3.79.